The standard InChI is InChI=1S/C23H32O2Si/c1-19(20(2)24)13-12-18-25-26(23(3,4)5,21-14-8-6-9-15-21)22-16-10-7-11-17-22/h6-11,14-17,20,24H,1,12-13,18H2,2-5H3. The van der Waals surface area contributed by atoms with Gasteiger partial charge in [-0.15, -0.1) is 0 Å². The Kier molecular flexibility index (Phi) is 6.99. The van der Waals surface area contributed by atoms with E-state index in [2.05, 4.69) is 88.0 Å². The zero-order valence-corrected chi connectivity index (χ0v) is 17.5. The number of hydrogen-bond acceptors (Lipinski definition) is 2. The van der Waals surface area contributed by atoms with E-state index in [-0.39, 0.29) is 5.04 Å². The van der Waals surface area contributed by atoms with Gasteiger partial charge in [0.25, 0.3) is 8.32 Å². The minimum atomic E-state index is -2.44. The Bertz CT molecular complexity index is 648. The first kappa shape index (κ1) is 20.6. The molecule has 1 atom stereocenters. The summed E-state index contributed by atoms with van der Waals surface area (Å²) in [6.07, 6.45) is 1.20. The highest BCUT2D eigenvalue weighted by atomic mass is 28.4. The molecular formula is C23H32O2Si. The SMILES string of the molecule is C=C(CCCO[Si](c1ccccc1)(c1ccccc1)C(C)(C)C)C(C)O. The lowest BCUT2D eigenvalue weighted by Gasteiger charge is -2.43. The van der Waals surface area contributed by atoms with E-state index in [1.54, 1.807) is 6.92 Å². The van der Waals surface area contributed by atoms with Crippen LogP contribution in [0.5, 0.6) is 0 Å². The molecule has 0 amide bonds. The molecule has 26 heavy (non-hydrogen) atoms. The predicted octanol–water partition coefficient (Wildman–Crippen LogP) is 4.28. The van der Waals surface area contributed by atoms with Crippen molar-refractivity contribution in [2.75, 3.05) is 6.61 Å². The molecule has 1 unspecified atom stereocenters. The molecule has 0 saturated heterocycles. The number of aliphatic hydroxyl groups excluding tert-OH is 1. The van der Waals surface area contributed by atoms with Crippen molar-refractivity contribution < 1.29 is 9.53 Å². The second-order valence-corrected chi connectivity index (χ2v) is 12.3. The summed E-state index contributed by atoms with van der Waals surface area (Å²) in [6.45, 7) is 13.3. The van der Waals surface area contributed by atoms with E-state index in [9.17, 15) is 5.11 Å². The van der Waals surface area contributed by atoms with Crippen LogP contribution in [0.25, 0.3) is 0 Å². The average Bonchev–Trinajstić information content (AvgIpc) is 2.62. The summed E-state index contributed by atoms with van der Waals surface area (Å²) in [6, 6.07) is 21.4. The van der Waals surface area contributed by atoms with Gasteiger partial charge in [0.15, 0.2) is 0 Å². The Hall–Kier alpha value is -1.68. The molecular weight excluding hydrogens is 336 g/mol. The first-order valence-corrected chi connectivity index (χ1v) is 11.3. The number of benzene rings is 2. The Morgan fingerprint density at radius 3 is 1.85 bits per heavy atom. The molecule has 3 heteroatoms. The fraction of sp³-hybridized carbons (Fsp3) is 0.391. The number of aliphatic hydroxyl groups is 1. The molecule has 140 valence electrons. The van der Waals surface area contributed by atoms with E-state index in [1.807, 2.05) is 0 Å². The zero-order valence-electron chi connectivity index (χ0n) is 16.5. The molecule has 0 fully saturated rings. The molecule has 2 aromatic carbocycles. The Morgan fingerprint density at radius 2 is 1.46 bits per heavy atom. The quantitative estimate of drug-likeness (QED) is 0.428. The highest BCUT2D eigenvalue weighted by Gasteiger charge is 2.49. The van der Waals surface area contributed by atoms with Gasteiger partial charge in [0.05, 0.1) is 6.10 Å². The third-order valence-electron chi connectivity index (χ3n) is 4.97. The molecule has 0 spiro atoms. The van der Waals surface area contributed by atoms with Crippen molar-refractivity contribution in [1.82, 2.24) is 0 Å². The van der Waals surface area contributed by atoms with Crippen molar-refractivity contribution in [2.45, 2.75) is 51.7 Å². The van der Waals surface area contributed by atoms with Gasteiger partial charge in [-0.1, -0.05) is 88.0 Å². The van der Waals surface area contributed by atoms with Gasteiger partial charge in [0.2, 0.25) is 0 Å². The van der Waals surface area contributed by atoms with Gasteiger partial charge in [0, 0.05) is 6.61 Å². The second kappa shape index (κ2) is 8.80. The van der Waals surface area contributed by atoms with Crippen LogP contribution >= 0.6 is 0 Å². The van der Waals surface area contributed by atoms with Crippen LogP contribution in [0.4, 0.5) is 0 Å². The Morgan fingerprint density at radius 1 is 1.00 bits per heavy atom. The average molecular weight is 369 g/mol. The smallest absolute Gasteiger partial charge is 0.261 e. The normalized spacial score (nSPS) is 13.4. The summed E-state index contributed by atoms with van der Waals surface area (Å²) in [5, 5.41) is 12.2. The maximum absolute atomic E-state index is 9.63. The summed E-state index contributed by atoms with van der Waals surface area (Å²) in [5.74, 6) is 0. The molecule has 0 heterocycles. The lowest BCUT2D eigenvalue weighted by atomic mass is 10.1. The molecule has 0 bridgehead atoms. The number of rotatable bonds is 8. The van der Waals surface area contributed by atoms with E-state index in [4.69, 9.17) is 4.43 Å². The fourth-order valence-corrected chi connectivity index (χ4v) is 8.10. The number of hydrogen-bond donors (Lipinski definition) is 1. The van der Waals surface area contributed by atoms with Crippen molar-refractivity contribution in [3.63, 3.8) is 0 Å². The van der Waals surface area contributed by atoms with E-state index in [1.165, 1.54) is 10.4 Å². The third-order valence-corrected chi connectivity index (χ3v) is 10.0. The molecule has 0 saturated carbocycles. The lowest BCUT2D eigenvalue weighted by Crippen LogP contribution is -2.66. The Balaban J connectivity index is 2.36. The molecule has 0 aliphatic heterocycles. The fourth-order valence-electron chi connectivity index (χ4n) is 3.49. The van der Waals surface area contributed by atoms with Crippen LogP contribution in [0, 0.1) is 0 Å². The molecule has 0 aromatic heterocycles. The minimum Gasteiger partial charge on any atom is -0.407 e. The largest absolute Gasteiger partial charge is 0.407 e. The van der Waals surface area contributed by atoms with Crippen molar-refractivity contribution in [3.05, 3.63) is 72.8 Å². The van der Waals surface area contributed by atoms with Gasteiger partial charge in [-0.3, -0.25) is 0 Å². The summed E-state index contributed by atoms with van der Waals surface area (Å²) in [4.78, 5) is 0. The van der Waals surface area contributed by atoms with Crippen molar-refractivity contribution in [2.24, 2.45) is 0 Å². The van der Waals surface area contributed by atoms with Gasteiger partial charge in [-0.2, -0.15) is 0 Å². The monoisotopic (exact) mass is 368 g/mol. The first-order valence-electron chi connectivity index (χ1n) is 9.40. The second-order valence-electron chi connectivity index (χ2n) is 7.95. The highest BCUT2D eigenvalue weighted by molar-refractivity contribution is 6.99. The molecule has 0 radical (unpaired) electrons. The van der Waals surface area contributed by atoms with Gasteiger partial charge in [0.1, 0.15) is 0 Å². The van der Waals surface area contributed by atoms with E-state index >= 15 is 0 Å². The van der Waals surface area contributed by atoms with Gasteiger partial charge in [-0.25, -0.2) is 0 Å². The van der Waals surface area contributed by atoms with E-state index in [0.29, 0.717) is 6.61 Å². The summed E-state index contributed by atoms with van der Waals surface area (Å²) >= 11 is 0. The molecule has 2 rings (SSSR count). The minimum absolute atomic E-state index is 0.00299. The molecule has 1 N–H and O–H groups in total. The van der Waals surface area contributed by atoms with Gasteiger partial charge < -0.3 is 9.53 Å². The first-order chi connectivity index (χ1) is 12.3. The van der Waals surface area contributed by atoms with Crippen molar-refractivity contribution in [3.8, 4) is 0 Å². The maximum atomic E-state index is 9.63. The van der Waals surface area contributed by atoms with Crippen LogP contribution in [0.2, 0.25) is 5.04 Å². The third kappa shape index (κ3) is 4.53. The molecule has 2 nitrogen and oxygen atoms in total. The summed E-state index contributed by atoms with van der Waals surface area (Å²) < 4.78 is 6.81. The Labute approximate surface area is 159 Å². The van der Waals surface area contributed by atoms with E-state index in [0.717, 1.165) is 18.4 Å². The molecule has 0 aliphatic carbocycles. The summed E-state index contributed by atoms with van der Waals surface area (Å²) in [5.41, 5.74) is 0.871. The van der Waals surface area contributed by atoms with Crippen LogP contribution in [0.1, 0.15) is 40.5 Å². The van der Waals surface area contributed by atoms with E-state index < -0.39 is 14.4 Å². The van der Waals surface area contributed by atoms with Gasteiger partial charge in [-0.05, 0) is 40.8 Å². The van der Waals surface area contributed by atoms with Crippen LogP contribution in [0.3, 0.4) is 0 Å². The van der Waals surface area contributed by atoms with Crippen LogP contribution in [-0.4, -0.2) is 26.1 Å². The predicted molar refractivity (Wildman–Crippen MR) is 114 cm³/mol. The van der Waals surface area contributed by atoms with Crippen LogP contribution in [-0.2, 0) is 4.43 Å². The summed E-state index contributed by atoms with van der Waals surface area (Å²) in [7, 11) is -2.44. The van der Waals surface area contributed by atoms with Crippen LogP contribution < -0.4 is 10.4 Å². The van der Waals surface area contributed by atoms with Crippen LogP contribution in [0.15, 0.2) is 72.8 Å². The van der Waals surface area contributed by atoms with Gasteiger partial charge >= 0.3 is 0 Å². The van der Waals surface area contributed by atoms with Crippen molar-refractivity contribution in [1.29, 1.82) is 0 Å². The lowest BCUT2D eigenvalue weighted by molar-refractivity contribution is 0.223. The van der Waals surface area contributed by atoms with Crippen molar-refractivity contribution >= 4 is 18.7 Å². The molecule has 2 aromatic rings. The zero-order chi connectivity index (χ0) is 19.2. The highest BCUT2D eigenvalue weighted by Crippen LogP contribution is 2.36. The maximum Gasteiger partial charge on any atom is 0.261 e. The topological polar surface area (TPSA) is 29.5 Å². The molecule has 0 aliphatic rings.